The molecule has 0 spiro atoms. The monoisotopic (exact) mass is 352 g/mol. The van der Waals surface area contributed by atoms with Gasteiger partial charge in [-0.1, -0.05) is 6.07 Å². The lowest BCUT2D eigenvalue weighted by molar-refractivity contribution is -0.147. The van der Waals surface area contributed by atoms with E-state index in [2.05, 4.69) is 0 Å². The van der Waals surface area contributed by atoms with E-state index in [4.69, 9.17) is 9.47 Å². The van der Waals surface area contributed by atoms with Crippen LogP contribution in [0.3, 0.4) is 0 Å². The van der Waals surface area contributed by atoms with Gasteiger partial charge in [0.15, 0.2) is 16.1 Å². The van der Waals surface area contributed by atoms with Gasteiger partial charge in [0, 0.05) is 11.8 Å². The summed E-state index contributed by atoms with van der Waals surface area (Å²) < 4.78 is 34.5. The number of hydrogen-bond acceptors (Lipinski definition) is 6. The molecule has 1 aliphatic rings. The number of rotatable bonds is 5. The van der Waals surface area contributed by atoms with Crippen LogP contribution in [0, 0.1) is 0 Å². The molecule has 0 radical (unpaired) electrons. The molecule has 0 saturated carbocycles. The number of carbonyl (C=O) groups excluding carboxylic acids is 2. The van der Waals surface area contributed by atoms with Crippen LogP contribution in [0.25, 0.3) is 5.57 Å². The first-order valence-electron chi connectivity index (χ1n) is 7.42. The topological polar surface area (TPSA) is 86.7 Å². The fraction of sp³-hybridized carbons (Fsp3) is 0.412. The van der Waals surface area contributed by atoms with Gasteiger partial charge >= 0.3 is 5.97 Å². The van der Waals surface area contributed by atoms with E-state index in [1.54, 1.807) is 33.8 Å². The van der Waals surface area contributed by atoms with Gasteiger partial charge in [0.2, 0.25) is 5.76 Å². The second-order valence-corrected chi connectivity index (χ2v) is 8.40. The Bertz CT molecular complexity index is 831. The molecular formula is C17H20O6S. The summed E-state index contributed by atoms with van der Waals surface area (Å²) in [6.07, 6.45) is 1.28. The molecular weight excluding hydrogens is 332 g/mol. The quantitative estimate of drug-likeness (QED) is 0.597. The number of aldehydes is 1. The lowest BCUT2D eigenvalue weighted by Gasteiger charge is -2.21. The third-order valence-electron chi connectivity index (χ3n) is 3.54. The van der Waals surface area contributed by atoms with Crippen LogP contribution in [0.15, 0.2) is 28.9 Å². The first kappa shape index (κ1) is 18.2. The van der Waals surface area contributed by atoms with Crippen molar-refractivity contribution in [1.29, 1.82) is 0 Å². The zero-order valence-corrected chi connectivity index (χ0v) is 15.1. The first-order valence-corrected chi connectivity index (χ1v) is 9.31. The van der Waals surface area contributed by atoms with E-state index in [1.807, 2.05) is 0 Å². The molecule has 1 aromatic carbocycles. The Morgan fingerprint density at radius 2 is 1.88 bits per heavy atom. The third-order valence-corrected chi connectivity index (χ3v) is 4.71. The molecule has 1 aromatic rings. The Hall–Kier alpha value is -2.15. The van der Waals surface area contributed by atoms with Crippen LogP contribution < -0.4 is 0 Å². The van der Waals surface area contributed by atoms with Gasteiger partial charge in [-0.2, -0.15) is 0 Å². The van der Waals surface area contributed by atoms with E-state index in [1.165, 1.54) is 12.1 Å². The van der Waals surface area contributed by atoms with Crippen molar-refractivity contribution in [2.24, 2.45) is 0 Å². The van der Waals surface area contributed by atoms with E-state index in [-0.39, 0.29) is 22.3 Å². The van der Waals surface area contributed by atoms with E-state index in [9.17, 15) is 18.0 Å². The van der Waals surface area contributed by atoms with Crippen LogP contribution >= 0.6 is 0 Å². The van der Waals surface area contributed by atoms with Crippen LogP contribution in [-0.4, -0.2) is 38.6 Å². The summed E-state index contributed by atoms with van der Waals surface area (Å²) >= 11 is 0. The largest absolute Gasteiger partial charge is 0.484 e. The fourth-order valence-corrected chi connectivity index (χ4v) is 3.51. The lowest BCUT2D eigenvalue weighted by Crippen LogP contribution is -2.22. The molecule has 1 heterocycles. The van der Waals surface area contributed by atoms with Crippen LogP contribution in [0.1, 0.15) is 43.6 Å². The average molecular weight is 352 g/mol. The molecule has 0 saturated heterocycles. The molecule has 130 valence electrons. The average Bonchev–Trinajstić information content (AvgIpc) is 2.65. The molecule has 6 nitrogen and oxygen atoms in total. The van der Waals surface area contributed by atoms with E-state index < -0.39 is 21.4 Å². The molecule has 2 rings (SSSR count). The second-order valence-electron chi connectivity index (χ2n) is 6.41. The molecule has 0 unspecified atom stereocenters. The van der Waals surface area contributed by atoms with Gasteiger partial charge in [0.1, 0.15) is 5.60 Å². The standard InChI is InChI=1S/C17H20O6S/c1-10(2)22-15-14(17(3,4)23-16(15)19)11-6-7-13(24(5,20)21)12(8-11)9-18/h6-10H,1-5H3. The Labute approximate surface area is 141 Å². The Morgan fingerprint density at radius 3 is 2.38 bits per heavy atom. The highest BCUT2D eigenvalue weighted by Crippen LogP contribution is 2.41. The van der Waals surface area contributed by atoms with Gasteiger partial charge < -0.3 is 9.47 Å². The van der Waals surface area contributed by atoms with Gasteiger partial charge in [-0.15, -0.1) is 0 Å². The molecule has 0 aromatic heterocycles. The maximum absolute atomic E-state index is 12.1. The zero-order chi connectivity index (χ0) is 18.3. The summed E-state index contributed by atoms with van der Waals surface area (Å²) in [5.41, 5.74) is 0.0792. The molecule has 0 bridgehead atoms. The summed E-state index contributed by atoms with van der Waals surface area (Å²) in [4.78, 5) is 23.4. The van der Waals surface area contributed by atoms with Crippen LogP contribution in [0.2, 0.25) is 0 Å². The van der Waals surface area contributed by atoms with Gasteiger partial charge in [0.05, 0.1) is 16.6 Å². The summed E-state index contributed by atoms with van der Waals surface area (Å²) in [6.45, 7) is 6.99. The molecule has 0 atom stereocenters. The van der Waals surface area contributed by atoms with Crippen molar-refractivity contribution < 1.29 is 27.5 Å². The van der Waals surface area contributed by atoms with Gasteiger partial charge in [-0.25, -0.2) is 13.2 Å². The van der Waals surface area contributed by atoms with Crippen LogP contribution in [-0.2, 0) is 24.1 Å². The summed E-state index contributed by atoms with van der Waals surface area (Å²) in [5.74, 6) is -0.498. The van der Waals surface area contributed by atoms with Crippen molar-refractivity contribution >= 4 is 27.7 Å². The van der Waals surface area contributed by atoms with Gasteiger partial charge in [-0.3, -0.25) is 4.79 Å². The molecule has 0 N–H and O–H groups in total. The highest BCUT2D eigenvalue weighted by atomic mass is 32.2. The number of esters is 1. The smallest absolute Gasteiger partial charge is 0.374 e. The Balaban J connectivity index is 2.69. The minimum atomic E-state index is -3.53. The molecule has 1 aliphatic heterocycles. The minimum Gasteiger partial charge on any atom is -0.484 e. The van der Waals surface area contributed by atoms with Gasteiger partial charge in [0.25, 0.3) is 0 Å². The molecule has 0 fully saturated rings. The molecule has 7 heteroatoms. The Kier molecular flexibility index (Phi) is 4.59. The number of ether oxygens (including phenoxy) is 2. The normalized spacial score (nSPS) is 17.2. The maximum atomic E-state index is 12.1. The predicted octanol–water partition coefficient (Wildman–Crippen LogP) is 2.37. The summed E-state index contributed by atoms with van der Waals surface area (Å²) in [5, 5.41) is 0. The number of benzene rings is 1. The zero-order valence-electron chi connectivity index (χ0n) is 14.2. The van der Waals surface area contributed by atoms with Crippen molar-refractivity contribution in [3.05, 3.63) is 35.1 Å². The number of hydrogen-bond donors (Lipinski definition) is 0. The Morgan fingerprint density at radius 1 is 1.25 bits per heavy atom. The van der Waals surface area contributed by atoms with Crippen molar-refractivity contribution in [3.63, 3.8) is 0 Å². The number of carbonyl (C=O) groups is 2. The number of sulfone groups is 1. The van der Waals surface area contributed by atoms with Crippen molar-refractivity contribution in [3.8, 4) is 0 Å². The number of cyclic esters (lactones) is 1. The summed E-state index contributed by atoms with van der Waals surface area (Å²) in [6, 6.07) is 4.34. The van der Waals surface area contributed by atoms with Crippen LogP contribution in [0.4, 0.5) is 0 Å². The van der Waals surface area contributed by atoms with Gasteiger partial charge in [-0.05, 0) is 45.4 Å². The van der Waals surface area contributed by atoms with E-state index in [0.717, 1.165) is 6.26 Å². The highest BCUT2D eigenvalue weighted by Gasteiger charge is 2.43. The molecule has 0 amide bonds. The fourth-order valence-electron chi connectivity index (χ4n) is 2.66. The second kappa shape index (κ2) is 6.05. The third kappa shape index (κ3) is 3.36. The summed E-state index contributed by atoms with van der Waals surface area (Å²) in [7, 11) is -3.53. The van der Waals surface area contributed by atoms with Crippen molar-refractivity contribution in [2.75, 3.05) is 6.26 Å². The van der Waals surface area contributed by atoms with E-state index in [0.29, 0.717) is 17.4 Å². The lowest BCUT2D eigenvalue weighted by atomic mass is 9.91. The molecule has 0 aliphatic carbocycles. The minimum absolute atomic E-state index is 0.0292. The predicted molar refractivity (Wildman–Crippen MR) is 88.3 cm³/mol. The van der Waals surface area contributed by atoms with Crippen molar-refractivity contribution in [2.45, 2.75) is 44.3 Å². The first-order chi connectivity index (χ1) is 11.0. The SMILES string of the molecule is CC(C)OC1=C(c2ccc(S(C)(=O)=O)c(C=O)c2)C(C)(C)OC1=O. The van der Waals surface area contributed by atoms with Crippen molar-refractivity contribution in [1.82, 2.24) is 0 Å². The van der Waals surface area contributed by atoms with E-state index >= 15 is 0 Å². The maximum Gasteiger partial charge on any atom is 0.374 e. The molecule has 24 heavy (non-hydrogen) atoms. The highest BCUT2D eigenvalue weighted by molar-refractivity contribution is 7.90. The van der Waals surface area contributed by atoms with Crippen LogP contribution in [0.5, 0.6) is 0 Å².